The number of amides is 2. The third-order valence-corrected chi connectivity index (χ3v) is 4.95. The van der Waals surface area contributed by atoms with Gasteiger partial charge >= 0.3 is 0 Å². The fraction of sp³-hybridized carbons (Fsp3) is 0.0800. The highest BCUT2D eigenvalue weighted by atomic mass is 16.2. The van der Waals surface area contributed by atoms with Crippen molar-refractivity contribution in [1.29, 1.82) is 0 Å². The molecule has 6 heteroatoms. The van der Waals surface area contributed by atoms with Gasteiger partial charge in [-0.15, -0.1) is 0 Å². The Morgan fingerprint density at radius 2 is 1.39 bits per heavy atom. The maximum Gasteiger partial charge on any atom is 0.261 e. The van der Waals surface area contributed by atoms with Crippen LogP contribution in [0.2, 0.25) is 0 Å². The number of para-hydroxylation sites is 1. The van der Waals surface area contributed by atoms with Crippen molar-refractivity contribution >= 4 is 23.3 Å². The van der Waals surface area contributed by atoms with Crippen LogP contribution in [0.3, 0.4) is 0 Å². The molecule has 0 saturated carbocycles. The summed E-state index contributed by atoms with van der Waals surface area (Å²) < 4.78 is 1.56. The molecule has 0 bridgehead atoms. The van der Waals surface area contributed by atoms with Crippen molar-refractivity contribution in [2.24, 2.45) is 0 Å². The third-order valence-electron chi connectivity index (χ3n) is 4.95. The second kappa shape index (κ2) is 8.67. The summed E-state index contributed by atoms with van der Waals surface area (Å²) in [5, 5.41) is 10.1. The van der Waals surface area contributed by atoms with Crippen LogP contribution in [0.25, 0.3) is 5.69 Å². The Morgan fingerprint density at radius 3 is 2.10 bits per heavy atom. The molecule has 31 heavy (non-hydrogen) atoms. The zero-order valence-corrected chi connectivity index (χ0v) is 17.3. The van der Waals surface area contributed by atoms with Crippen LogP contribution in [0.4, 0.5) is 11.5 Å². The van der Waals surface area contributed by atoms with Gasteiger partial charge in [-0.05, 0) is 49.7 Å². The summed E-state index contributed by atoms with van der Waals surface area (Å²) in [6, 6.07) is 24.2. The third kappa shape index (κ3) is 4.38. The zero-order chi connectivity index (χ0) is 21.8. The summed E-state index contributed by atoms with van der Waals surface area (Å²) in [5.74, 6) is -0.352. The molecule has 3 aromatic carbocycles. The zero-order valence-electron chi connectivity index (χ0n) is 17.3. The number of benzene rings is 3. The second-order valence-corrected chi connectivity index (χ2v) is 7.24. The average molecular weight is 410 g/mol. The van der Waals surface area contributed by atoms with Gasteiger partial charge in [0.1, 0.15) is 11.4 Å². The van der Waals surface area contributed by atoms with Gasteiger partial charge < -0.3 is 10.6 Å². The predicted molar refractivity (Wildman–Crippen MR) is 122 cm³/mol. The first-order chi connectivity index (χ1) is 15.0. The van der Waals surface area contributed by atoms with Crippen molar-refractivity contribution in [3.05, 3.63) is 107 Å². The van der Waals surface area contributed by atoms with Crippen LogP contribution in [0.1, 0.15) is 31.8 Å². The molecule has 0 fully saturated rings. The highest BCUT2D eigenvalue weighted by Gasteiger charge is 2.21. The van der Waals surface area contributed by atoms with Crippen molar-refractivity contribution in [1.82, 2.24) is 9.78 Å². The SMILES string of the molecule is Cc1ccc(NC(=O)c2cnn(-c3ccccc3)c2NC(=O)c2ccccc2C)cc1. The first-order valence-corrected chi connectivity index (χ1v) is 9.91. The lowest BCUT2D eigenvalue weighted by atomic mass is 10.1. The van der Waals surface area contributed by atoms with Crippen molar-refractivity contribution in [3.8, 4) is 5.69 Å². The molecule has 0 aliphatic carbocycles. The summed E-state index contributed by atoms with van der Waals surface area (Å²) >= 11 is 0. The summed E-state index contributed by atoms with van der Waals surface area (Å²) in [7, 11) is 0. The smallest absolute Gasteiger partial charge is 0.261 e. The summed E-state index contributed by atoms with van der Waals surface area (Å²) in [6.07, 6.45) is 1.46. The Kier molecular flexibility index (Phi) is 5.62. The Morgan fingerprint density at radius 1 is 0.742 bits per heavy atom. The lowest BCUT2D eigenvalue weighted by Gasteiger charge is -2.13. The van der Waals surface area contributed by atoms with Crippen molar-refractivity contribution in [2.45, 2.75) is 13.8 Å². The molecule has 154 valence electrons. The van der Waals surface area contributed by atoms with Gasteiger partial charge in [-0.3, -0.25) is 9.59 Å². The second-order valence-electron chi connectivity index (χ2n) is 7.24. The van der Waals surface area contributed by atoms with Crippen molar-refractivity contribution in [3.63, 3.8) is 0 Å². The molecule has 0 radical (unpaired) electrons. The first kappa shape index (κ1) is 20.1. The molecule has 4 aromatic rings. The number of anilines is 2. The van der Waals surface area contributed by atoms with Crippen LogP contribution < -0.4 is 10.6 Å². The molecule has 0 aliphatic rings. The van der Waals surface area contributed by atoms with Crippen LogP contribution in [-0.4, -0.2) is 21.6 Å². The van der Waals surface area contributed by atoms with Crippen molar-refractivity contribution < 1.29 is 9.59 Å². The normalized spacial score (nSPS) is 10.5. The van der Waals surface area contributed by atoms with E-state index in [-0.39, 0.29) is 17.4 Å². The van der Waals surface area contributed by atoms with E-state index in [9.17, 15) is 9.59 Å². The molecule has 6 nitrogen and oxygen atoms in total. The first-order valence-electron chi connectivity index (χ1n) is 9.91. The van der Waals surface area contributed by atoms with E-state index in [4.69, 9.17) is 0 Å². The fourth-order valence-electron chi connectivity index (χ4n) is 3.24. The minimum Gasteiger partial charge on any atom is -0.322 e. The van der Waals surface area contributed by atoms with Crippen molar-refractivity contribution in [2.75, 3.05) is 10.6 Å². The van der Waals surface area contributed by atoms with Crippen LogP contribution in [-0.2, 0) is 0 Å². The number of carbonyl (C=O) groups is 2. The molecule has 1 heterocycles. The molecular weight excluding hydrogens is 388 g/mol. The largest absolute Gasteiger partial charge is 0.322 e. The number of aromatic nitrogens is 2. The van der Waals surface area contributed by atoms with Gasteiger partial charge in [0.05, 0.1) is 11.9 Å². The molecule has 0 atom stereocenters. The Labute approximate surface area is 180 Å². The van der Waals surface area contributed by atoms with E-state index in [0.29, 0.717) is 17.1 Å². The van der Waals surface area contributed by atoms with Crippen LogP contribution in [0, 0.1) is 13.8 Å². The van der Waals surface area contributed by atoms with Gasteiger partial charge in [-0.25, -0.2) is 4.68 Å². The number of rotatable bonds is 5. The van der Waals surface area contributed by atoms with Gasteiger partial charge in [-0.1, -0.05) is 54.1 Å². The lowest BCUT2D eigenvalue weighted by Crippen LogP contribution is -2.20. The predicted octanol–water partition coefficient (Wildman–Crippen LogP) is 4.99. The van der Waals surface area contributed by atoms with E-state index in [1.165, 1.54) is 6.20 Å². The van der Waals surface area contributed by atoms with E-state index >= 15 is 0 Å². The molecule has 2 amide bonds. The summed E-state index contributed by atoms with van der Waals surface area (Å²) in [5.41, 5.74) is 4.15. The van der Waals surface area contributed by atoms with Gasteiger partial charge in [-0.2, -0.15) is 5.10 Å². The number of hydrogen-bond donors (Lipinski definition) is 2. The Hall–Kier alpha value is -4.19. The molecular formula is C25H22N4O2. The van der Waals surface area contributed by atoms with E-state index in [1.54, 1.807) is 16.8 Å². The maximum absolute atomic E-state index is 13.0. The monoisotopic (exact) mass is 410 g/mol. The number of hydrogen-bond acceptors (Lipinski definition) is 3. The van der Waals surface area contributed by atoms with Gasteiger partial charge in [0.15, 0.2) is 0 Å². The van der Waals surface area contributed by atoms with E-state index < -0.39 is 0 Å². The maximum atomic E-state index is 13.0. The van der Waals surface area contributed by atoms with Gasteiger partial charge in [0.25, 0.3) is 11.8 Å². The topological polar surface area (TPSA) is 76.0 Å². The van der Waals surface area contributed by atoms with Crippen LogP contribution >= 0.6 is 0 Å². The molecule has 0 aliphatic heterocycles. The quantitative estimate of drug-likeness (QED) is 0.486. The lowest BCUT2D eigenvalue weighted by molar-refractivity contribution is 0.102. The average Bonchev–Trinajstić information content (AvgIpc) is 3.20. The van der Waals surface area contributed by atoms with Gasteiger partial charge in [0.2, 0.25) is 0 Å². The Bertz CT molecular complexity index is 1230. The standard InChI is InChI=1S/C25H22N4O2/c1-17-12-14-19(15-13-17)27-25(31)22-16-26-29(20-9-4-3-5-10-20)23(22)28-24(30)21-11-7-6-8-18(21)2/h3-16H,1-2H3,(H,27,31)(H,28,30). The summed E-state index contributed by atoms with van der Waals surface area (Å²) in [6.45, 7) is 3.85. The molecule has 2 N–H and O–H groups in total. The Balaban J connectivity index is 1.71. The van der Waals surface area contributed by atoms with E-state index in [1.807, 2.05) is 80.6 Å². The number of carbonyl (C=O) groups excluding carboxylic acids is 2. The highest BCUT2D eigenvalue weighted by molar-refractivity contribution is 6.12. The highest BCUT2D eigenvalue weighted by Crippen LogP contribution is 2.23. The number of nitrogens with zero attached hydrogens (tertiary/aromatic N) is 2. The molecule has 0 saturated heterocycles. The van der Waals surface area contributed by atoms with E-state index in [2.05, 4.69) is 15.7 Å². The number of aryl methyl sites for hydroxylation is 2. The minimum atomic E-state index is -0.355. The van der Waals surface area contributed by atoms with E-state index in [0.717, 1.165) is 16.8 Å². The fourth-order valence-corrected chi connectivity index (χ4v) is 3.24. The number of nitrogens with one attached hydrogen (secondary N) is 2. The van der Waals surface area contributed by atoms with Crippen LogP contribution in [0.15, 0.2) is 85.1 Å². The minimum absolute atomic E-state index is 0.270. The molecule has 1 aromatic heterocycles. The van der Waals surface area contributed by atoms with Crippen LogP contribution in [0.5, 0.6) is 0 Å². The molecule has 4 rings (SSSR count). The molecule has 0 spiro atoms. The molecule has 0 unspecified atom stereocenters. The summed E-state index contributed by atoms with van der Waals surface area (Å²) in [4.78, 5) is 26.0. The van der Waals surface area contributed by atoms with Gasteiger partial charge in [0, 0.05) is 11.3 Å².